The Hall–Kier alpha value is -2.30. The number of fused-ring (bicyclic) bond motifs is 2. The molecule has 5 rings (SSSR count). The molecule has 1 heterocycles. The van der Waals surface area contributed by atoms with Gasteiger partial charge < -0.3 is 0 Å². The van der Waals surface area contributed by atoms with E-state index in [9.17, 15) is 9.00 Å². The van der Waals surface area contributed by atoms with Gasteiger partial charge in [-0.1, -0.05) is 60.2 Å². The molecule has 1 aromatic heterocycles. The van der Waals surface area contributed by atoms with Gasteiger partial charge in [0.2, 0.25) is 0 Å². The Morgan fingerprint density at radius 1 is 0.966 bits per heavy atom. The zero-order valence-electron chi connectivity index (χ0n) is 16.2. The number of Topliss-reactive ketones (excluding diaryl/α,β-unsaturated/α-hetero) is 1. The summed E-state index contributed by atoms with van der Waals surface area (Å²) >= 11 is 1.43. The summed E-state index contributed by atoms with van der Waals surface area (Å²) in [4.78, 5) is 15.8. The minimum absolute atomic E-state index is 0.0696. The molecule has 146 valence electrons. The first-order valence-electron chi connectivity index (χ1n) is 9.97. The molecule has 5 atom stereocenters. The van der Waals surface area contributed by atoms with Gasteiger partial charge in [-0.05, 0) is 54.3 Å². The smallest absolute Gasteiger partial charge is 0.178 e. The molecule has 2 bridgehead atoms. The molecule has 2 nitrogen and oxygen atoms in total. The second kappa shape index (κ2) is 7.51. The molecule has 0 amide bonds. The molecule has 4 heteroatoms. The molecule has 1 fully saturated rings. The molecular weight excluding hydrogens is 396 g/mol. The zero-order valence-corrected chi connectivity index (χ0v) is 17.8. The number of rotatable bonds is 5. The summed E-state index contributed by atoms with van der Waals surface area (Å²) in [5, 5.41) is 1.90. The fraction of sp³-hybridized carbons (Fsp3) is 0.240. The highest BCUT2D eigenvalue weighted by Gasteiger charge is 2.49. The van der Waals surface area contributed by atoms with Crippen LogP contribution in [0.5, 0.6) is 0 Å². The topological polar surface area (TPSA) is 34.1 Å². The van der Waals surface area contributed by atoms with Gasteiger partial charge in [-0.3, -0.25) is 4.79 Å². The number of hydrogen-bond acceptors (Lipinski definition) is 3. The van der Waals surface area contributed by atoms with E-state index in [1.54, 1.807) is 0 Å². The summed E-state index contributed by atoms with van der Waals surface area (Å²) in [5.41, 5.74) is 2.37. The first-order chi connectivity index (χ1) is 14.1. The van der Waals surface area contributed by atoms with Crippen molar-refractivity contribution in [3.05, 3.63) is 94.2 Å². The van der Waals surface area contributed by atoms with Gasteiger partial charge >= 0.3 is 0 Å². The molecule has 29 heavy (non-hydrogen) atoms. The third-order valence-electron chi connectivity index (χ3n) is 6.23. The Morgan fingerprint density at radius 3 is 2.45 bits per heavy atom. The number of carbonyl (C=O) groups excluding carboxylic acids is 1. The van der Waals surface area contributed by atoms with Crippen LogP contribution in [0, 0.1) is 24.7 Å². The second-order valence-electron chi connectivity index (χ2n) is 7.97. The van der Waals surface area contributed by atoms with E-state index in [-0.39, 0.29) is 23.5 Å². The van der Waals surface area contributed by atoms with E-state index in [4.69, 9.17) is 0 Å². The van der Waals surface area contributed by atoms with Crippen LogP contribution in [-0.2, 0) is 10.8 Å². The molecule has 2 aromatic carbocycles. The van der Waals surface area contributed by atoms with Crippen LogP contribution in [0.2, 0.25) is 0 Å². The van der Waals surface area contributed by atoms with Gasteiger partial charge in [0.25, 0.3) is 0 Å². The fourth-order valence-corrected chi connectivity index (χ4v) is 7.20. The predicted octanol–water partition coefficient (Wildman–Crippen LogP) is 6.01. The molecule has 1 saturated carbocycles. The molecule has 0 saturated heterocycles. The standard InChI is InChI=1S/C25H22O2S2/c1-16-7-11-20(12-8-16)29(27)21-13-14-28-25(21)24(26)23-19-10-9-18(15-19)22(23)17-5-3-2-4-6-17/h2-14,18-19,22-23H,15H2,1H3/t18-,19+,22+,23+,29+/m1/s1. The molecule has 0 unspecified atom stereocenters. The van der Waals surface area contributed by atoms with Crippen LogP contribution in [0.1, 0.15) is 33.1 Å². The van der Waals surface area contributed by atoms with Crippen LogP contribution in [0.4, 0.5) is 0 Å². The van der Waals surface area contributed by atoms with Crippen LogP contribution in [0.15, 0.2) is 88.0 Å². The molecule has 0 spiro atoms. The van der Waals surface area contributed by atoms with E-state index >= 15 is 0 Å². The van der Waals surface area contributed by atoms with Crippen molar-refractivity contribution >= 4 is 27.9 Å². The molecule has 2 aliphatic carbocycles. The maximum atomic E-state index is 13.7. The van der Waals surface area contributed by atoms with E-state index in [1.807, 2.05) is 48.7 Å². The van der Waals surface area contributed by atoms with Gasteiger partial charge in [-0.2, -0.15) is 0 Å². The lowest BCUT2D eigenvalue weighted by Gasteiger charge is -2.27. The quantitative estimate of drug-likeness (QED) is 0.375. The van der Waals surface area contributed by atoms with Crippen LogP contribution in [0.25, 0.3) is 0 Å². The van der Waals surface area contributed by atoms with Gasteiger partial charge in [-0.15, -0.1) is 11.3 Å². The Bertz CT molecular complexity index is 1100. The van der Waals surface area contributed by atoms with E-state index < -0.39 is 10.8 Å². The van der Waals surface area contributed by atoms with Gasteiger partial charge in [0.05, 0.1) is 20.6 Å². The van der Waals surface area contributed by atoms with Crippen molar-refractivity contribution in [2.45, 2.75) is 29.1 Å². The second-order valence-corrected chi connectivity index (χ2v) is 10.3. The van der Waals surface area contributed by atoms with E-state index in [0.717, 1.165) is 16.9 Å². The number of carbonyl (C=O) groups is 1. The monoisotopic (exact) mass is 418 g/mol. The van der Waals surface area contributed by atoms with Crippen LogP contribution in [0.3, 0.4) is 0 Å². The third kappa shape index (κ3) is 3.24. The van der Waals surface area contributed by atoms with Gasteiger partial charge in [0, 0.05) is 16.7 Å². The summed E-state index contributed by atoms with van der Waals surface area (Å²) < 4.78 is 13.2. The minimum Gasteiger partial charge on any atom is -0.293 e. The summed E-state index contributed by atoms with van der Waals surface area (Å²) in [6.45, 7) is 2.01. The lowest BCUT2D eigenvalue weighted by atomic mass is 9.76. The molecule has 2 aliphatic rings. The Morgan fingerprint density at radius 2 is 1.69 bits per heavy atom. The van der Waals surface area contributed by atoms with Crippen LogP contribution >= 0.6 is 11.3 Å². The van der Waals surface area contributed by atoms with E-state index in [0.29, 0.717) is 15.7 Å². The van der Waals surface area contributed by atoms with Crippen molar-refractivity contribution in [3.63, 3.8) is 0 Å². The summed E-state index contributed by atoms with van der Waals surface area (Å²) in [5.74, 6) is 0.991. The summed E-state index contributed by atoms with van der Waals surface area (Å²) in [6.07, 6.45) is 5.54. The third-order valence-corrected chi connectivity index (χ3v) is 8.73. The van der Waals surface area contributed by atoms with Crippen LogP contribution in [-0.4, -0.2) is 9.99 Å². The Balaban J connectivity index is 1.50. The van der Waals surface area contributed by atoms with Crippen molar-refractivity contribution < 1.29 is 9.00 Å². The molecular formula is C25H22O2S2. The van der Waals surface area contributed by atoms with Crippen molar-refractivity contribution in [3.8, 4) is 0 Å². The van der Waals surface area contributed by atoms with Crippen molar-refractivity contribution in [2.75, 3.05) is 0 Å². The number of ketones is 1. The highest BCUT2D eigenvalue weighted by Crippen LogP contribution is 2.54. The maximum Gasteiger partial charge on any atom is 0.178 e. The number of aryl methyl sites for hydroxylation is 1. The van der Waals surface area contributed by atoms with E-state index in [1.165, 1.54) is 16.9 Å². The largest absolute Gasteiger partial charge is 0.293 e. The lowest BCUT2D eigenvalue weighted by molar-refractivity contribution is 0.0888. The summed E-state index contributed by atoms with van der Waals surface area (Å²) in [7, 11) is -1.34. The first kappa shape index (κ1) is 18.7. The van der Waals surface area contributed by atoms with Crippen LogP contribution < -0.4 is 0 Å². The highest BCUT2D eigenvalue weighted by molar-refractivity contribution is 7.85. The molecule has 0 aliphatic heterocycles. The van der Waals surface area contributed by atoms with E-state index in [2.05, 4.69) is 36.4 Å². The maximum absolute atomic E-state index is 13.7. The minimum atomic E-state index is -1.34. The van der Waals surface area contributed by atoms with Gasteiger partial charge in [0.15, 0.2) is 5.78 Å². The normalized spacial score (nSPS) is 26.0. The average Bonchev–Trinajstić information content (AvgIpc) is 3.49. The summed E-state index contributed by atoms with van der Waals surface area (Å²) in [6, 6.07) is 20.0. The highest BCUT2D eigenvalue weighted by atomic mass is 32.2. The number of allylic oxidation sites excluding steroid dienone is 2. The SMILES string of the molecule is Cc1ccc([S@](=O)c2ccsc2C(=O)[C@@H]2[C@@H](c3ccccc3)[C@@H]3C=C[C@H]2C3)cc1. The molecule has 3 aromatic rings. The van der Waals surface area contributed by atoms with Crippen molar-refractivity contribution in [1.82, 2.24) is 0 Å². The fourth-order valence-electron chi connectivity index (χ4n) is 4.87. The van der Waals surface area contributed by atoms with Gasteiger partial charge in [-0.25, -0.2) is 4.21 Å². The Labute approximate surface area is 177 Å². The molecule has 0 N–H and O–H groups in total. The number of benzene rings is 2. The zero-order chi connectivity index (χ0) is 20.0. The Kier molecular flexibility index (Phi) is 4.84. The number of thiophene rings is 1. The van der Waals surface area contributed by atoms with Crippen molar-refractivity contribution in [1.29, 1.82) is 0 Å². The predicted molar refractivity (Wildman–Crippen MR) is 118 cm³/mol. The lowest BCUT2D eigenvalue weighted by Crippen LogP contribution is -2.26. The number of hydrogen-bond donors (Lipinski definition) is 0. The first-order valence-corrected chi connectivity index (χ1v) is 12.0. The molecule has 0 radical (unpaired) electrons. The van der Waals surface area contributed by atoms with Gasteiger partial charge in [0.1, 0.15) is 0 Å². The average molecular weight is 419 g/mol. The van der Waals surface area contributed by atoms with Crippen molar-refractivity contribution in [2.24, 2.45) is 17.8 Å².